The molecular weight excluding hydrogens is 172 g/mol. The van der Waals surface area contributed by atoms with Gasteiger partial charge in [0, 0.05) is 19.0 Å². The van der Waals surface area contributed by atoms with Gasteiger partial charge in [-0.15, -0.1) is 0 Å². The van der Waals surface area contributed by atoms with Gasteiger partial charge in [0.15, 0.2) is 6.20 Å². The second kappa shape index (κ2) is 3.45. The van der Waals surface area contributed by atoms with Gasteiger partial charge in [0.1, 0.15) is 12.1 Å². The van der Waals surface area contributed by atoms with Crippen LogP contribution in [-0.2, 0) is 6.54 Å². The summed E-state index contributed by atoms with van der Waals surface area (Å²) in [6.07, 6.45) is 5.49. The minimum atomic E-state index is 1.10. The molecule has 2 nitrogen and oxygen atoms in total. The van der Waals surface area contributed by atoms with E-state index in [1.165, 1.54) is 23.3 Å². The fourth-order valence-electron chi connectivity index (χ4n) is 1.93. The average molecular weight is 189 g/mol. The second-order valence-electron chi connectivity index (χ2n) is 3.81. The maximum absolute atomic E-state index is 2.31. The Kier molecular flexibility index (Phi) is 2.28. The summed E-state index contributed by atoms with van der Waals surface area (Å²) in [6, 6.07) is 4.36. The summed E-state index contributed by atoms with van der Waals surface area (Å²) in [5.74, 6) is 0. The molecule has 0 saturated heterocycles. The van der Waals surface area contributed by atoms with Crippen molar-refractivity contribution in [3.63, 3.8) is 0 Å². The molecule has 0 saturated carbocycles. The third-order valence-corrected chi connectivity index (χ3v) is 2.78. The topological polar surface area (TPSA) is 8.29 Å². The van der Waals surface area contributed by atoms with Crippen LogP contribution in [0.4, 0.5) is 0 Å². The van der Waals surface area contributed by atoms with Gasteiger partial charge in [-0.05, 0) is 19.1 Å². The van der Waals surface area contributed by atoms with Crippen molar-refractivity contribution < 1.29 is 4.57 Å². The van der Waals surface area contributed by atoms with Crippen molar-refractivity contribution in [3.8, 4) is 0 Å². The molecule has 0 atom stereocenters. The highest BCUT2D eigenvalue weighted by Crippen LogP contribution is 2.10. The third kappa shape index (κ3) is 1.31. The van der Waals surface area contributed by atoms with Crippen LogP contribution in [0.15, 0.2) is 24.5 Å². The zero-order valence-electron chi connectivity index (χ0n) is 9.12. The lowest BCUT2D eigenvalue weighted by atomic mass is 10.3. The summed E-state index contributed by atoms with van der Waals surface area (Å²) in [5.41, 5.74) is 3.97. The Morgan fingerprint density at radius 2 is 2.07 bits per heavy atom. The fourth-order valence-corrected chi connectivity index (χ4v) is 1.93. The predicted octanol–water partition coefficient (Wildman–Crippen LogP) is 2.25. The number of fused-ring (bicyclic) bond motifs is 1. The minimum absolute atomic E-state index is 1.10. The molecule has 0 spiro atoms. The van der Waals surface area contributed by atoms with E-state index in [9.17, 15) is 0 Å². The summed E-state index contributed by atoms with van der Waals surface area (Å²) in [7, 11) is 0. The highest BCUT2D eigenvalue weighted by atomic mass is 15.0. The molecule has 0 radical (unpaired) electrons. The van der Waals surface area contributed by atoms with E-state index in [-0.39, 0.29) is 0 Å². The van der Waals surface area contributed by atoms with E-state index in [1.807, 2.05) is 0 Å². The van der Waals surface area contributed by atoms with E-state index >= 15 is 0 Å². The molecule has 0 bridgehead atoms. The van der Waals surface area contributed by atoms with Gasteiger partial charge in [-0.3, -0.25) is 0 Å². The molecule has 2 heteroatoms. The Bertz CT molecular complexity index is 455. The molecule has 2 heterocycles. The maximum Gasteiger partial charge on any atom is 0.202 e. The lowest BCUT2D eigenvalue weighted by Crippen LogP contribution is -2.37. The molecule has 0 aliphatic carbocycles. The van der Waals surface area contributed by atoms with Gasteiger partial charge in [-0.2, -0.15) is 4.57 Å². The maximum atomic E-state index is 2.31. The van der Waals surface area contributed by atoms with Crippen LogP contribution in [0.3, 0.4) is 0 Å². The molecule has 2 aromatic rings. The van der Waals surface area contributed by atoms with E-state index in [2.05, 4.69) is 54.3 Å². The smallest absolute Gasteiger partial charge is 0.202 e. The first-order chi connectivity index (χ1) is 6.74. The molecule has 0 fully saturated rings. The van der Waals surface area contributed by atoms with Gasteiger partial charge in [-0.25, -0.2) is 0 Å². The van der Waals surface area contributed by atoms with Crippen LogP contribution >= 0.6 is 0 Å². The molecule has 0 aromatic carbocycles. The summed E-state index contributed by atoms with van der Waals surface area (Å²) in [4.78, 5) is 0. The quantitative estimate of drug-likeness (QED) is 0.640. The van der Waals surface area contributed by atoms with E-state index in [4.69, 9.17) is 0 Å². The van der Waals surface area contributed by atoms with Crippen molar-refractivity contribution >= 4 is 5.52 Å². The van der Waals surface area contributed by atoms with Gasteiger partial charge in [-0.1, -0.05) is 6.92 Å². The summed E-state index contributed by atoms with van der Waals surface area (Å²) >= 11 is 0. The summed E-state index contributed by atoms with van der Waals surface area (Å²) in [6.45, 7) is 7.63. The molecule has 0 N–H and O–H groups in total. The zero-order valence-corrected chi connectivity index (χ0v) is 9.12. The summed E-state index contributed by atoms with van der Waals surface area (Å²) < 4.78 is 4.55. The van der Waals surface area contributed by atoms with Crippen LogP contribution in [0.25, 0.3) is 5.52 Å². The predicted molar refractivity (Wildman–Crippen MR) is 57.4 cm³/mol. The van der Waals surface area contributed by atoms with Crippen molar-refractivity contribution in [1.29, 1.82) is 0 Å². The SMILES string of the molecule is CCC[n+]1ccn2c(C)ccc2c1C. The first kappa shape index (κ1) is 9.25. The Balaban J connectivity index is 2.63. The van der Waals surface area contributed by atoms with Crippen molar-refractivity contribution in [2.45, 2.75) is 33.7 Å². The Morgan fingerprint density at radius 1 is 1.29 bits per heavy atom. The largest absolute Gasteiger partial charge is 0.310 e. The standard InChI is InChI=1S/C12H17N2/c1-4-7-13-8-9-14-10(2)5-6-12(14)11(13)3/h5-6,8-9H,4,7H2,1-3H3/q+1. The molecule has 0 unspecified atom stereocenters. The Morgan fingerprint density at radius 3 is 2.79 bits per heavy atom. The molecule has 14 heavy (non-hydrogen) atoms. The van der Waals surface area contributed by atoms with Crippen molar-refractivity contribution in [2.75, 3.05) is 0 Å². The first-order valence-electron chi connectivity index (χ1n) is 5.20. The lowest BCUT2D eigenvalue weighted by Gasteiger charge is -2.02. The molecule has 74 valence electrons. The monoisotopic (exact) mass is 189 g/mol. The molecule has 2 rings (SSSR count). The lowest BCUT2D eigenvalue weighted by molar-refractivity contribution is -0.702. The highest BCUT2D eigenvalue weighted by molar-refractivity contribution is 5.51. The zero-order chi connectivity index (χ0) is 10.1. The van der Waals surface area contributed by atoms with Gasteiger partial charge in [0.05, 0.1) is 6.20 Å². The van der Waals surface area contributed by atoms with Crippen molar-refractivity contribution in [1.82, 2.24) is 4.40 Å². The van der Waals surface area contributed by atoms with Crippen LogP contribution in [0, 0.1) is 13.8 Å². The highest BCUT2D eigenvalue weighted by Gasteiger charge is 2.10. The fraction of sp³-hybridized carbons (Fsp3) is 0.417. The minimum Gasteiger partial charge on any atom is -0.310 e. The Hall–Kier alpha value is -1.31. The second-order valence-corrected chi connectivity index (χ2v) is 3.81. The number of aromatic nitrogens is 2. The molecule has 0 amide bonds. The van der Waals surface area contributed by atoms with Gasteiger partial charge in [0.25, 0.3) is 0 Å². The summed E-state index contributed by atoms with van der Waals surface area (Å²) in [5, 5.41) is 0. The van der Waals surface area contributed by atoms with E-state index in [0.29, 0.717) is 0 Å². The molecular formula is C12H17N2+. The molecule has 0 aliphatic heterocycles. The van der Waals surface area contributed by atoms with E-state index < -0.39 is 0 Å². The number of hydrogen-bond acceptors (Lipinski definition) is 0. The van der Waals surface area contributed by atoms with E-state index in [1.54, 1.807) is 0 Å². The van der Waals surface area contributed by atoms with Crippen molar-refractivity contribution in [3.05, 3.63) is 35.9 Å². The van der Waals surface area contributed by atoms with Crippen LogP contribution in [0.2, 0.25) is 0 Å². The van der Waals surface area contributed by atoms with Crippen LogP contribution < -0.4 is 4.57 Å². The van der Waals surface area contributed by atoms with Crippen LogP contribution in [0.5, 0.6) is 0 Å². The van der Waals surface area contributed by atoms with Gasteiger partial charge >= 0.3 is 0 Å². The number of aryl methyl sites for hydroxylation is 3. The third-order valence-electron chi connectivity index (χ3n) is 2.78. The van der Waals surface area contributed by atoms with Crippen LogP contribution in [0.1, 0.15) is 24.7 Å². The number of hydrogen-bond donors (Lipinski definition) is 0. The van der Waals surface area contributed by atoms with Gasteiger partial charge < -0.3 is 4.40 Å². The number of nitrogens with zero attached hydrogens (tertiary/aromatic N) is 2. The molecule has 2 aromatic heterocycles. The van der Waals surface area contributed by atoms with E-state index in [0.717, 1.165) is 6.54 Å². The normalized spacial score (nSPS) is 11.1. The molecule has 0 aliphatic rings. The number of rotatable bonds is 2. The first-order valence-corrected chi connectivity index (χ1v) is 5.20. The Labute approximate surface area is 84.8 Å². The van der Waals surface area contributed by atoms with Crippen LogP contribution in [-0.4, -0.2) is 4.40 Å². The van der Waals surface area contributed by atoms with Gasteiger partial charge in [0.2, 0.25) is 5.69 Å². The van der Waals surface area contributed by atoms with Crippen molar-refractivity contribution in [2.24, 2.45) is 0 Å². The average Bonchev–Trinajstić information content (AvgIpc) is 2.54.